The van der Waals surface area contributed by atoms with Gasteiger partial charge in [0.05, 0.1) is 12.0 Å². The van der Waals surface area contributed by atoms with E-state index in [-0.39, 0.29) is 34.6 Å². The number of ether oxygens (including phenoxy) is 1. The van der Waals surface area contributed by atoms with Gasteiger partial charge in [-0.05, 0) is 94.4 Å². The van der Waals surface area contributed by atoms with Crippen LogP contribution in [-0.4, -0.2) is 46.2 Å². The van der Waals surface area contributed by atoms with Crippen LogP contribution in [0.25, 0.3) is 0 Å². The van der Waals surface area contributed by atoms with Crippen molar-refractivity contribution in [2.45, 2.75) is 118 Å². The molecule has 0 heterocycles. The highest BCUT2D eigenvalue weighted by Gasteiger charge is 2.70. The second-order valence-electron chi connectivity index (χ2n) is 13.9. The summed E-state index contributed by atoms with van der Waals surface area (Å²) in [5.41, 5.74) is -0.670. The SMILES string of the molecule is C=C/C(C)=C\C(=O)[C@@H]1[C@@]2(C)CCCC(C)(C)[C@@H]2[C@H](O[Si](C)(C)C)[C@H](OC(C)=O)[C@@]1(C)O[Si](C)(C)C. The molecule has 0 unspecified atom stereocenters. The highest BCUT2D eigenvalue weighted by molar-refractivity contribution is 6.70. The maximum Gasteiger partial charge on any atom is 0.303 e. The van der Waals surface area contributed by atoms with Gasteiger partial charge in [-0.25, -0.2) is 0 Å². The summed E-state index contributed by atoms with van der Waals surface area (Å²) in [6, 6.07) is 0. The van der Waals surface area contributed by atoms with E-state index in [1.54, 1.807) is 12.2 Å². The molecule has 2 saturated carbocycles. The normalized spacial score (nSPS) is 35.7. The minimum atomic E-state index is -2.19. The summed E-state index contributed by atoms with van der Waals surface area (Å²) in [4.78, 5) is 26.8. The van der Waals surface area contributed by atoms with Gasteiger partial charge in [-0.2, -0.15) is 0 Å². The Bertz CT molecular complexity index is 866. The van der Waals surface area contributed by atoms with E-state index in [2.05, 4.69) is 66.6 Å². The first kappa shape index (κ1) is 30.2. The third kappa shape index (κ3) is 6.46. The molecule has 7 heteroatoms. The average Bonchev–Trinajstić information content (AvgIpc) is 2.60. The van der Waals surface area contributed by atoms with Crippen molar-refractivity contribution in [1.82, 2.24) is 0 Å². The van der Waals surface area contributed by atoms with Crippen molar-refractivity contribution in [2.24, 2.45) is 22.7 Å². The van der Waals surface area contributed by atoms with Crippen LogP contribution < -0.4 is 0 Å². The number of carbonyl (C=O) groups is 2. The molecule has 5 nitrogen and oxygen atoms in total. The number of ketones is 1. The zero-order chi connectivity index (χ0) is 27.2. The number of hydrogen-bond donors (Lipinski definition) is 0. The second-order valence-corrected chi connectivity index (χ2v) is 22.8. The lowest BCUT2D eigenvalue weighted by Gasteiger charge is -2.66. The van der Waals surface area contributed by atoms with Crippen LogP contribution in [0.1, 0.15) is 60.8 Å². The molecule has 0 aliphatic heterocycles. The molecule has 35 heavy (non-hydrogen) atoms. The van der Waals surface area contributed by atoms with Gasteiger partial charge in [0.15, 0.2) is 28.5 Å². The number of hydrogen-bond acceptors (Lipinski definition) is 5. The van der Waals surface area contributed by atoms with Gasteiger partial charge in [0, 0.05) is 6.92 Å². The first-order valence-electron chi connectivity index (χ1n) is 13.1. The quantitative estimate of drug-likeness (QED) is 0.150. The summed E-state index contributed by atoms with van der Waals surface area (Å²) in [6.07, 6.45) is 5.37. The average molecular weight is 523 g/mol. The number of allylic oxidation sites excluding steroid dienone is 3. The van der Waals surface area contributed by atoms with E-state index in [0.29, 0.717) is 0 Å². The zero-order valence-corrected chi connectivity index (χ0v) is 26.3. The Morgan fingerprint density at radius 1 is 0.943 bits per heavy atom. The summed E-state index contributed by atoms with van der Waals surface area (Å²) < 4.78 is 20.1. The molecule has 0 spiro atoms. The van der Waals surface area contributed by atoms with Crippen LogP contribution in [0.3, 0.4) is 0 Å². The first-order chi connectivity index (χ1) is 15.7. The van der Waals surface area contributed by atoms with Crippen molar-refractivity contribution in [2.75, 3.05) is 0 Å². The van der Waals surface area contributed by atoms with E-state index >= 15 is 0 Å². The topological polar surface area (TPSA) is 61.8 Å². The fourth-order valence-electron chi connectivity index (χ4n) is 7.24. The summed E-state index contributed by atoms with van der Waals surface area (Å²) in [5.74, 6) is -0.792. The van der Waals surface area contributed by atoms with Crippen LogP contribution in [0.2, 0.25) is 39.3 Å². The monoisotopic (exact) mass is 522 g/mol. The maximum absolute atomic E-state index is 14.2. The molecule has 2 rings (SSSR count). The van der Waals surface area contributed by atoms with Crippen molar-refractivity contribution in [3.63, 3.8) is 0 Å². The van der Waals surface area contributed by atoms with Crippen molar-refractivity contribution in [3.8, 4) is 0 Å². The first-order valence-corrected chi connectivity index (χ1v) is 19.9. The van der Waals surface area contributed by atoms with E-state index in [9.17, 15) is 9.59 Å². The van der Waals surface area contributed by atoms with Gasteiger partial charge in [-0.3, -0.25) is 9.59 Å². The van der Waals surface area contributed by atoms with Crippen LogP contribution in [0.5, 0.6) is 0 Å². The Morgan fingerprint density at radius 3 is 1.97 bits per heavy atom. The molecule has 0 saturated heterocycles. The predicted molar refractivity (Wildman–Crippen MR) is 148 cm³/mol. The number of fused-ring (bicyclic) bond motifs is 1. The Kier molecular flexibility index (Phi) is 8.65. The Morgan fingerprint density at radius 2 is 1.51 bits per heavy atom. The number of rotatable bonds is 8. The molecule has 2 aliphatic carbocycles. The second kappa shape index (κ2) is 10.0. The smallest absolute Gasteiger partial charge is 0.303 e. The summed E-state index contributed by atoms with van der Waals surface area (Å²) in [6.45, 7) is 28.9. The van der Waals surface area contributed by atoms with Crippen LogP contribution >= 0.6 is 0 Å². The molecule has 0 N–H and O–H groups in total. The Hall–Kier alpha value is -1.03. The molecule has 0 amide bonds. The molecule has 0 radical (unpaired) electrons. The van der Waals surface area contributed by atoms with Crippen LogP contribution in [0, 0.1) is 22.7 Å². The van der Waals surface area contributed by atoms with Crippen LogP contribution in [0.4, 0.5) is 0 Å². The predicted octanol–water partition coefficient (Wildman–Crippen LogP) is 6.91. The van der Waals surface area contributed by atoms with Gasteiger partial charge < -0.3 is 13.6 Å². The molecule has 2 aliphatic rings. The molecule has 0 aromatic rings. The van der Waals surface area contributed by atoms with Crippen molar-refractivity contribution in [3.05, 3.63) is 24.3 Å². The molecule has 0 aromatic carbocycles. The lowest BCUT2D eigenvalue weighted by atomic mass is 9.43. The number of esters is 1. The van der Waals surface area contributed by atoms with E-state index in [0.717, 1.165) is 24.8 Å². The lowest BCUT2D eigenvalue weighted by Crippen LogP contribution is -2.74. The largest absolute Gasteiger partial charge is 0.457 e. The van der Waals surface area contributed by atoms with Gasteiger partial charge in [0.1, 0.15) is 5.60 Å². The summed E-state index contributed by atoms with van der Waals surface area (Å²) in [7, 11) is -4.24. The molecule has 6 atom stereocenters. The molecule has 0 aromatic heterocycles. The highest BCUT2D eigenvalue weighted by atomic mass is 28.4. The third-order valence-electron chi connectivity index (χ3n) is 7.80. The Labute approximate surface area is 216 Å². The van der Waals surface area contributed by atoms with Gasteiger partial charge in [-0.15, -0.1) is 0 Å². The maximum atomic E-state index is 14.2. The highest BCUT2D eigenvalue weighted by Crippen LogP contribution is 2.64. The fraction of sp³-hybridized carbons (Fsp3) is 0.786. The van der Waals surface area contributed by atoms with Gasteiger partial charge >= 0.3 is 5.97 Å². The van der Waals surface area contributed by atoms with Crippen LogP contribution in [-0.2, 0) is 23.2 Å². The molecular weight excluding hydrogens is 472 g/mol. The summed E-state index contributed by atoms with van der Waals surface area (Å²) >= 11 is 0. The minimum Gasteiger partial charge on any atom is -0.457 e. The molecular formula is C28H50O5Si2. The number of carbonyl (C=O) groups excluding carboxylic acids is 2. The van der Waals surface area contributed by atoms with Crippen molar-refractivity contribution >= 4 is 28.4 Å². The van der Waals surface area contributed by atoms with E-state index in [1.165, 1.54) is 6.92 Å². The van der Waals surface area contributed by atoms with Gasteiger partial charge in [-0.1, -0.05) is 39.8 Å². The van der Waals surface area contributed by atoms with E-state index < -0.39 is 34.3 Å². The third-order valence-corrected chi connectivity index (χ3v) is 9.83. The van der Waals surface area contributed by atoms with Crippen molar-refractivity contribution in [1.29, 1.82) is 0 Å². The van der Waals surface area contributed by atoms with E-state index in [1.807, 2.05) is 13.8 Å². The van der Waals surface area contributed by atoms with Gasteiger partial charge in [0.2, 0.25) is 0 Å². The zero-order valence-electron chi connectivity index (χ0n) is 24.3. The Balaban J connectivity index is 2.94. The molecule has 200 valence electrons. The summed E-state index contributed by atoms with van der Waals surface area (Å²) in [5, 5.41) is 0. The lowest BCUT2D eigenvalue weighted by molar-refractivity contribution is -0.256. The van der Waals surface area contributed by atoms with Gasteiger partial charge in [0.25, 0.3) is 0 Å². The van der Waals surface area contributed by atoms with Crippen molar-refractivity contribution < 1.29 is 23.2 Å². The van der Waals surface area contributed by atoms with E-state index in [4.69, 9.17) is 13.6 Å². The fourth-order valence-corrected chi connectivity index (χ4v) is 9.87. The standard InChI is InChI=1S/C28H50O5Si2/c1-14-19(2)18-21(30)23-27(6)17-15-16-26(4,5)24(27)22(32-34(8,9)10)25(31-20(3)29)28(23,7)33-35(11,12)13/h14,18,22-25H,1,15-17H2,2-13H3/b19-18-/t22-,23+,24-,25-,27+,28-/m0/s1. The minimum absolute atomic E-state index is 0.0250. The molecule has 2 fully saturated rings. The molecule has 0 bridgehead atoms. The van der Waals surface area contributed by atoms with Crippen LogP contribution in [0.15, 0.2) is 24.3 Å².